The van der Waals surface area contributed by atoms with Gasteiger partial charge in [-0.1, -0.05) is 12.1 Å². The van der Waals surface area contributed by atoms with Crippen LogP contribution >= 0.6 is 0 Å². The summed E-state index contributed by atoms with van der Waals surface area (Å²) in [7, 11) is 0. The predicted molar refractivity (Wildman–Crippen MR) is 107 cm³/mol. The van der Waals surface area contributed by atoms with Crippen LogP contribution in [0.5, 0.6) is 0 Å². The summed E-state index contributed by atoms with van der Waals surface area (Å²) in [5, 5.41) is 0. The predicted octanol–water partition coefficient (Wildman–Crippen LogP) is 1.54. The van der Waals surface area contributed by atoms with Crippen molar-refractivity contribution >= 4 is 22.8 Å². The second kappa shape index (κ2) is 8.31. The molecule has 28 heavy (non-hydrogen) atoms. The molecule has 1 unspecified atom stereocenters. The summed E-state index contributed by atoms with van der Waals surface area (Å²) in [6.07, 6.45) is 4.59. The van der Waals surface area contributed by atoms with Gasteiger partial charge in [0.2, 0.25) is 11.8 Å². The molecule has 0 aliphatic carbocycles. The van der Waals surface area contributed by atoms with Gasteiger partial charge in [-0.25, -0.2) is 4.98 Å². The highest BCUT2D eigenvalue weighted by Gasteiger charge is 2.28. The highest BCUT2D eigenvalue weighted by Crippen LogP contribution is 2.22. The number of carbonyl (C=O) groups excluding carboxylic acids is 2. The van der Waals surface area contributed by atoms with Gasteiger partial charge in [-0.2, -0.15) is 0 Å². The summed E-state index contributed by atoms with van der Waals surface area (Å²) < 4.78 is 0. The molecule has 0 bridgehead atoms. The highest BCUT2D eigenvalue weighted by atomic mass is 16.2. The quantitative estimate of drug-likeness (QED) is 0.819. The van der Waals surface area contributed by atoms with Gasteiger partial charge in [-0.05, 0) is 50.3 Å². The largest absolute Gasteiger partial charge is 0.369 e. The summed E-state index contributed by atoms with van der Waals surface area (Å²) >= 11 is 0. The van der Waals surface area contributed by atoms with E-state index in [0.29, 0.717) is 38.4 Å². The first-order chi connectivity index (χ1) is 13.6. The van der Waals surface area contributed by atoms with Crippen LogP contribution < -0.4 is 5.73 Å². The van der Waals surface area contributed by atoms with Crippen molar-refractivity contribution in [3.63, 3.8) is 0 Å². The number of nitrogens with two attached hydrogens (primary N) is 1. The number of para-hydroxylation sites is 2. The minimum atomic E-state index is -0.239. The van der Waals surface area contributed by atoms with Crippen LogP contribution in [0, 0.1) is 11.8 Å². The molecule has 0 radical (unpaired) electrons. The van der Waals surface area contributed by atoms with Crippen LogP contribution in [0.3, 0.4) is 0 Å². The van der Waals surface area contributed by atoms with E-state index < -0.39 is 0 Å². The van der Waals surface area contributed by atoms with E-state index >= 15 is 0 Å². The average molecular weight is 383 g/mol. The number of nitrogens with zero attached hydrogens (tertiary/aromatic N) is 3. The molecule has 2 fully saturated rings. The maximum absolute atomic E-state index is 12.7. The van der Waals surface area contributed by atoms with Crippen molar-refractivity contribution in [2.45, 2.75) is 32.1 Å². The molecule has 0 saturated carbocycles. The molecule has 2 aromatic rings. The molecule has 0 spiro atoms. The maximum Gasteiger partial charge on any atom is 0.236 e. The fraction of sp³-hybridized carbons (Fsp3) is 0.571. The first-order valence-corrected chi connectivity index (χ1v) is 10.3. The highest BCUT2D eigenvalue weighted by molar-refractivity contribution is 5.80. The number of hydrogen-bond donors (Lipinski definition) is 2. The van der Waals surface area contributed by atoms with Gasteiger partial charge in [0.15, 0.2) is 0 Å². The minimum Gasteiger partial charge on any atom is -0.369 e. The standard InChI is InChI=1S/C21H29N5O2/c22-21(28)16-7-10-26(11-8-16)20(27)14-25-9-3-4-15(13-25)12-19-23-17-5-1-2-6-18(17)24-19/h1-2,5-6,15-16H,3-4,7-14H2,(H2,22,28)(H,23,24). The second-order valence-corrected chi connectivity index (χ2v) is 8.21. The van der Waals surface area contributed by atoms with Crippen LogP contribution in [0.15, 0.2) is 24.3 Å². The lowest BCUT2D eigenvalue weighted by Crippen LogP contribution is -2.47. The van der Waals surface area contributed by atoms with Crippen LogP contribution in [0.25, 0.3) is 11.0 Å². The molecule has 7 heteroatoms. The number of carbonyl (C=O) groups is 2. The number of primary amides is 1. The molecule has 2 aliphatic rings. The molecule has 1 atom stereocenters. The number of rotatable bonds is 5. The van der Waals surface area contributed by atoms with Gasteiger partial charge < -0.3 is 15.6 Å². The van der Waals surface area contributed by atoms with E-state index in [-0.39, 0.29) is 17.7 Å². The number of amides is 2. The van der Waals surface area contributed by atoms with E-state index in [1.165, 1.54) is 6.42 Å². The molecule has 3 heterocycles. The van der Waals surface area contributed by atoms with E-state index in [4.69, 9.17) is 10.7 Å². The van der Waals surface area contributed by atoms with Crippen molar-refractivity contribution in [3.05, 3.63) is 30.1 Å². The van der Waals surface area contributed by atoms with Gasteiger partial charge in [-0.3, -0.25) is 14.5 Å². The zero-order chi connectivity index (χ0) is 19.5. The van der Waals surface area contributed by atoms with Crippen LogP contribution in [-0.2, 0) is 16.0 Å². The lowest BCUT2D eigenvalue weighted by atomic mass is 9.94. The Balaban J connectivity index is 1.29. The van der Waals surface area contributed by atoms with Crippen molar-refractivity contribution < 1.29 is 9.59 Å². The number of likely N-dealkylation sites (tertiary alicyclic amines) is 2. The van der Waals surface area contributed by atoms with Crippen molar-refractivity contribution in [1.29, 1.82) is 0 Å². The molecule has 2 aliphatic heterocycles. The number of benzene rings is 1. The Kier molecular flexibility index (Phi) is 5.62. The lowest BCUT2D eigenvalue weighted by Gasteiger charge is -2.35. The summed E-state index contributed by atoms with van der Waals surface area (Å²) in [5.74, 6) is 1.41. The molecule has 4 rings (SSSR count). The van der Waals surface area contributed by atoms with Crippen LogP contribution in [0.2, 0.25) is 0 Å². The SMILES string of the molecule is NC(=O)C1CCN(C(=O)CN2CCCC(Cc3nc4ccccc4[nH]3)C2)CC1. The van der Waals surface area contributed by atoms with Gasteiger partial charge in [0, 0.05) is 32.0 Å². The number of aromatic amines is 1. The third-order valence-electron chi connectivity index (χ3n) is 6.13. The number of H-pyrrole nitrogens is 1. The number of fused-ring (bicyclic) bond motifs is 1. The van der Waals surface area contributed by atoms with Crippen molar-refractivity contribution in [1.82, 2.24) is 19.8 Å². The Morgan fingerprint density at radius 2 is 1.93 bits per heavy atom. The third-order valence-corrected chi connectivity index (χ3v) is 6.13. The molecular weight excluding hydrogens is 354 g/mol. The Labute approximate surface area is 165 Å². The second-order valence-electron chi connectivity index (χ2n) is 8.21. The molecule has 1 aromatic heterocycles. The number of piperidine rings is 2. The average Bonchev–Trinajstić information content (AvgIpc) is 3.10. The van der Waals surface area contributed by atoms with E-state index in [1.807, 2.05) is 23.1 Å². The summed E-state index contributed by atoms with van der Waals surface area (Å²) in [4.78, 5) is 36.3. The first kappa shape index (κ1) is 18.9. The van der Waals surface area contributed by atoms with Gasteiger partial charge in [-0.15, -0.1) is 0 Å². The van der Waals surface area contributed by atoms with Crippen LogP contribution in [0.4, 0.5) is 0 Å². The Hall–Kier alpha value is -2.41. The smallest absolute Gasteiger partial charge is 0.236 e. The van der Waals surface area contributed by atoms with Crippen LogP contribution in [0.1, 0.15) is 31.5 Å². The molecule has 1 aromatic carbocycles. The monoisotopic (exact) mass is 383 g/mol. The zero-order valence-electron chi connectivity index (χ0n) is 16.3. The Bertz CT molecular complexity index is 807. The van der Waals surface area contributed by atoms with E-state index in [2.05, 4.69) is 16.0 Å². The molecule has 2 amide bonds. The van der Waals surface area contributed by atoms with Gasteiger partial charge >= 0.3 is 0 Å². The Morgan fingerprint density at radius 1 is 1.14 bits per heavy atom. The van der Waals surface area contributed by atoms with Gasteiger partial charge in [0.25, 0.3) is 0 Å². The molecule has 2 saturated heterocycles. The number of hydrogen-bond acceptors (Lipinski definition) is 4. The summed E-state index contributed by atoms with van der Waals surface area (Å²) in [6, 6.07) is 8.11. The third kappa shape index (κ3) is 4.35. The number of nitrogens with one attached hydrogen (secondary N) is 1. The molecule has 150 valence electrons. The molecule has 7 nitrogen and oxygen atoms in total. The van der Waals surface area contributed by atoms with Crippen LogP contribution in [-0.4, -0.2) is 64.3 Å². The first-order valence-electron chi connectivity index (χ1n) is 10.3. The fourth-order valence-electron chi connectivity index (χ4n) is 4.54. The number of aromatic nitrogens is 2. The minimum absolute atomic E-state index is 0.0766. The fourth-order valence-corrected chi connectivity index (χ4v) is 4.54. The molecular formula is C21H29N5O2. The maximum atomic E-state index is 12.7. The summed E-state index contributed by atoms with van der Waals surface area (Å²) in [6.45, 7) is 3.66. The van der Waals surface area contributed by atoms with Crippen molar-refractivity contribution in [2.24, 2.45) is 17.6 Å². The van der Waals surface area contributed by atoms with E-state index in [9.17, 15) is 9.59 Å². The van der Waals surface area contributed by atoms with Gasteiger partial charge in [0.1, 0.15) is 5.82 Å². The normalized spacial score (nSPS) is 21.9. The molecule has 3 N–H and O–H groups in total. The Morgan fingerprint density at radius 3 is 2.68 bits per heavy atom. The van der Waals surface area contributed by atoms with Crippen molar-refractivity contribution in [3.8, 4) is 0 Å². The summed E-state index contributed by atoms with van der Waals surface area (Å²) in [5.41, 5.74) is 7.48. The number of imidazole rings is 1. The lowest BCUT2D eigenvalue weighted by molar-refractivity contribution is -0.136. The van der Waals surface area contributed by atoms with Crippen molar-refractivity contribution in [2.75, 3.05) is 32.7 Å². The zero-order valence-corrected chi connectivity index (χ0v) is 16.3. The van der Waals surface area contributed by atoms with E-state index in [1.54, 1.807) is 0 Å². The topological polar surface area (TPSA) is 95.3 Å². The van der Waals surface area contributed by atoms with E-state index in [0.717, 1.165) is 42.8 Å². The van der Waals surface area contributed by atoms with Gasteiger partial charge in [0.05, 0.1) is 17.6 Å².